The number of hydrogen-bond acceptors (Lipinski definition) is 7. The zero-order valence-corrected chi connectivity index (χ0v) is 18.5. The molecule has 1 aliphatic rings. The average molecular weight is 465 g/mol. The van der Waals surface area contributed by atoms with Gasteiger partial charge in [0.15, 0.2) is 0 Å². The monoisotopic (exact) mass is 465 g/mol. The number of ether oxygens (including phenoxy) is 1. The molecule has 3 amide bonds. The van der Waals surface area contributed by atoms with Crippen molar-refractivity contribution in [1.29, 1.82) is 0 Å². The Balaban J connectivity index is 1.62. The van der Waals surface area contributed by atoms with E-state index in [1.165, 1.54) is 56.6 Å². The minimum atomic E-state index is -3.98. The summed E-state index contributed by atoms with van der Waals surface area (Å²) < 4.78 is 32.5. The molecule has 0 aromatic heterocycles. The molecule has 4 rings (SSSR count). The largest absolute Gasteiger partial charge is 0.495 e. The first-order valence-corrected chi connectivity index (χ1v) is 11.2. The van der Waals surface area contributed by atoms with E-state index in [-0.39, 0.29) is 27.3 Å². The Hall–Kier alpha value is -4.18. The number of carbonyl (C=O) groups excluding carboxylic acids is 3. The van der Waals surface area contributed by atoms with Crippen molar-refractivity contribution in [2.45, 2.75) is 4.90 Å². The summed E-state index contributed by atoms with van der Waals surface area (Å²) in [6.45, 7) is 0. The van der Waals surface area contributed by atoms with Crippen molar-refractivity contribution in [3.05, 3.63) is 83.4 Å². The summed E-state index contributed by atoms with van der Waals surface area (Å²) in [7, 11) is -1.16. The lowest BCUT2D eigenvalue weighted by Crippen LogP contribution is -2.36. The molecule has 0 atom stereocenters. The highest BCUT2D eigenvalue weighted by Gasteiger charge is 2.41. The number of imide groups is 3. The number of hydrogen-bond donors (Lipinski definition) is 1. The highest BCUT2D eigenvalue weighted by molar-refractivity contribution is 7.92. The number of benzene rings is 3. The van der Waals surface area contributed by atoms with Crippen molar-refractivity contribution in [2.24, 2.45) is 0 Å². The molecule has 0 saturated heterocycles. The minimum Gasteiger partial charge on any atom is -0.495 e. The molecule has 0 bridgehead atoms. The van der Waals surface area contributed by atoms with E-state index >= 15 is 0 Å². The molecule has 0 spiro atoms. The van der Waals surface area contributed by atoms with Crippen molar-refractivity contribution in [3.8, 4) is 5.75 Å². The smallest absolute Gasteiger partial charge is 0.270 e. The molecule has 1 aliphatic heterocycles. The summed E-state index contributed by atoms with van der Waals surface area (Å²) in [5, 5.41) is 0. The second kappa shape index (κ2) is 8.06. The predicted octanol–water partition coefficient (Wildman–Crippen LogP) is 2.54. The van der Waals surface area contributed by atoms with E-state index in [9.17, 15) is 22.8 Å². The second-order valence-corrected chi connectivity index (χ2v) is 9.16. The van der Waals surface area contributed by atoms with Gasteiger partial charge in [-0.05, 0) is 48.5 Å². The van der Waals surface area contributed by atoms with Crippen LogP contribution in [0.5, 0.6) is 5.75 Å². The number of amides is 3. The number of fused-ring (bicyclic) bond motifs is 1. The standard InChI is InChI=1S/C23H19N3O6S/c1-25(18-8-3-4-9-19(18)32-2)33(30,31)15-12-10-14(11-13-15)21(27)26-22(28)16-6-5-7-17(24)20(16)23(26)29/h3-13H,24H2,1-2H3. The number of nitrogen functional groups attached to an aromatic ring is 1. The summed E-state index contributed by atoms with van der Waals surface area (Å²) >= 11 is 0. The molecule has 1 heterocycles. The first-order valence-electron chi connectivity index (χ1n) is 9.72. The van der Waals surface area contributed by atoms with E-state index in [2.05, 4.69) is 0 Å². The molecule has 9 nitrogen and oxygen atoms in total. The zero-order chi connectivity index (χ0) is 23.9. The molecule has 2 N–H and O–H groups in total. The SMILES string of the molecule is COc1ccccc1N(C)S(=O)(=O)c1ccc(C(=O)N2C(=O)c3cccc(N)c3C2=O)cc1. The third-order valence-electron chi connectivity index (χ3n) is 5.33. The number of anilines is 2. The number of nitrogens with two attached hydrogens (primary N) is 1. The summed E-state index contributed by atoms with van der Waals surface area (Å²) in [5.74, 6) is -2.09. The first kappa shape index (κ1) is 22.0. The normalized spacial score (nSPS) is 13.1. The average Bonchev–Trinajstić information content (AvgIpc) is 3.08. The van der Waals surface area contributed by atoms with Crippen LogP contribution in [-0.4, -0.2) is 45.2 Å². The topological polar surface area (TPSA) is 127 Å². The number of carbonyl (C=O) groups is 3. The highest BCUT2D eigenvalue weighted by atomic mass is 32.2. The number of sulfonamides is 1. The maximum Gasteiger partial charge on any atom is 0.270 e. The van der Waals surface area contributed by atoms with Crippen LogP contribution >= 0.6 is 0 Å². The van der Waals surface area contributed by atoms with E-state index in [0.717, 1.165) is 4.31 Å². The van der Waals surface area contributed by atoms with Gasteiger partial charge in [0.2, 0.25) is 0 Å². The molecule has 0 saturated carbocycles. The van der Waals surface area contributed by atoms with Gasteiger partial charge in [-0.3, -0.25) is 18.7 Å². The van der Waals surface area contributed by atoms with Gasteiger partial charge in [-0.2, -0.15) is 0 Å². The van der Waals surface area contributed by atoms with Gasteiger partial charge in [-0.25, -0.2) is 13.3 Å². The lowest BCUT2D eigenvalue weighted by Gasteiger charge is -2.21. The number of rotatable bonds is 5. The third-order valence-corrected chi connectivity index (χ3v) is 7.12. The van der Waals surface area contributed by atoms with Gasteiger partial charge in [0, 0.05) is 18.3 Å². The zero-order valence-electron chi connectivity index (χ0n) is 17.7. The van der Waals surface area contributed by atoms with Gasteiger partial charge in [0.1, 0.15) is 5.75 Å². The summed E-state index contributed by atoms with van der Waals surface area (Å²) in [4.78, 5) is 38.6. The van der Waals surface area contributed by atoms with E-state index < -0.39 is 27.7 Å². The van der Waals surface area contributed by atoms with E-state index in [1.807, 2.05) is 0 Å². The fourth-order valence-corrected chi connectivity index (χ4v) is 4.78. The lowest BCUT2D eigenvalue weighted by atomic mass is 10.1. The van der Waals surface area contributed by atoms with Crippen LogP contribution in [0.2, 0.25) is 0 Å². The van der Waals surface area contributed by atoms with Gasteiger partial charge in [-0.15, -0.1) is 0 Å². The molecular weight excluding hydrogens is 446 g/mol. The highest BCUT2D eigenvalue weighted by Crippen LogP contribution is 2.32. The Morgan fingerprint density at radius 2 is 1.61 bits per heavy atom. The molecule has 3 aromatic rings. The molecule has 168 valence electrons. The predicted molar refractivity (Wildman–Crippen MR) is 121 cm³/mol. The molecule has 0 unspecified atom stereocenters. The Labute approximate surface area is 190 Å². The van der Waals surface area contributed by atoms with Crippen LogP contribution in [-0.2, 0) is 10.0 Å². The van der Waals surface area contributed by atoms with Crippen LogP contribution in [0, 0.1) is 0 Å². The maximum absolute atomic E-state index is 13.1. The minimum absolute atomic E-state index is 0.0199. The van der Waals surface area contributed by atoms with E-state index in [0.29, 0.717) is 16.3 Å². The van der Waals surface area contributed by atoms with Crippen molar-refractivity contribution in [1.82, 2.24) is 4.90 Å². The fourth-order valence-electron chi connectivity index (χ4n) is 3.57. The summed E-state index contributed by atoms with van der Waals surface area (Å²) in [6.07, 6.45) is 0. The molecular formula is C23H19N3O6S. The summed E-state index contributed by atoms with van der Waals surface area (Å²) in [5.41, 5.74) is 6.24. The molecule has 0 aliphatic carbocycles. The van der Waals surface area contributed by atoms with Crippen molar-refractivity contribution in [2.75, 3.05) is 24.2 Å². The molecule has 0 fully saturated rings. The van der Waals surface area contributed by atoms with Crippen molar-refractivity contribution >= 4 is 39.1 Å². The van der Waals surface area contributed by atoms with Gasteiger partial charge >= 0.3 is 0 Å². The van der Waals surface area contributed by atoms with Gasteiger partial charge in [0.25, 0.3) is 27.7 Å². The first-order chi connectivity index (χ1) is 15.7. The number of para-hydroxylation sites is 2. The molecule has 3 aromatic carbocycles. The van der Waals surface area contributed by atoms with Crippen LogP contribution in [0.4, 0.5) is 11.4 Å². The van der Waals surface area contributed by atoms with Crippen molar-refractivity contribution < 1.29 is 27.5 Å². The fraction of sp³-hybridized carbons (Fsp3) is 0.0870. The molecule has 0 radical (unpaired) electrons. The Morgan fingerprint density at radius 1 is 0.939 bits per heavy atom. The third kappa shape index (κ3) is 3.50. The van der Waals surface area contributed by atoms with E-state index in [1.54, 1.807) is 24.3 Å². The number of nitrogens with zero attached hydrogens (tertiary/aromatic N) is 2. The Bertz CT molecular complexity index is 1400. The molecule has 10 heteroatoms. The number of methoxy groups -OCH3 is 1. The Kier molecular flexibility index (Phi) is 5.38. The van der Waals surface area contributed by atoms with Gasteiger partial charge in [-0.1, -0.05) is 18.2 Å². The van der Waals surface area contributed by atoms with Crippen LogP contribution in [0.3, 0.4) is 0 Å². The van der Waals surface area contributed by atoms with Crippen LogP contribution < -0.4 is 14.8 Å². The lowest BCUT2D eigenvalue weighted by molar-refractivity contribution is 0.0566. The van der Waals surface area contributed by atoms with Gasteiger partial charge < -0.3 is 10.5 Å². The van der Waals surface area contributed by atoms with Gasteiger partial charge in [0.05, 0.1) is 28.8 Å². The molecule has 33 heavy (non-hydrogen) atoms. The maximum atomic E-state index is 13.1. The summed E-state index contributed by atoms with van der Waals surface area (Å²) in [6, 6.07) is 16.0. The Morgan fingerprint density at radius 3 is 2.24 bits per heavy atom. The van der Waals surface area contributed by atoms with Crippen molar-refractivity contribution in [3.63, 3.8) is 0 Å². The van der Waals surface area contributed by atoms with Crippen LogP contribution in [0.25, 0.3) is 0 Å². The van der Waals surface area contributed by atoms with Crippen LogP contribution in [0.15, 0.2) is 71.6 Å². The van der Waals surface area contributed by atoms with Crippen LogP contribution in [0.1, 0.15) is 31.1 Å². The quantitative estimate of drug-likeness (QED) is 0.453. The second-order valence-electron chi connectivity index (χ2n) is 7.19. The van der Waals surface area contributed by atoms with E-state index in [4.69, 9.17) is 10.5 Å².